The van der Waals surface area contributed by atoms with E-state index in [0.29, 0.717) is 25.6 Å². The Morgan fingerprint density at radius 1 is 1.07 bits per heavy atom. The molecule has 2 aromatic carbocycles. The Balaban J connectivity index is 0.000000248. The number of carbonyl (C=O) groups is 2. The van der Waals surface area contributed by atoms with Crippen molar-refractivity contribution < 1.29 is 19.4 Å². The summed E-state index contributed by atoms with van der Waals surface area (Å²) in [7, 11) is 0. The molecule has 0 radical (unpaired) electrons. The zero-order valence-electron chi connectivity index (χ0n) is 16.6. The van der Waals surface area contributed by atoms with Crippen LogP contribution in [-0.4, -0.2) is 47.7 Å². The molecule has 29 heavy (non-hydrogen) atoms. The second kappa shape index (κ2) is 14.0. The summed E-state index contributed by atoms with van der Waals surface area (Å²) >= 11 is 11.1. The highest BCUT2D eigenvalue weighted by Crippen LogP contribution is 2.12. The summed E-state index contributed by atoms with van der Waals surface area (Å²) in [5.41, 5.74) is 0. The number of carboxylic acid groups (broad SMARTS) is 1. The minimum Gasteiger partial charge on any atom is -0.481 e. The highest BCUT2D eigenvalue weighted by atomic mass is 35.5. The smallest absolute Gasteiger partial charge is 0.306 e. The van der Waals surface area contributed by atoms with Gasteiger partial charge < -0.3 is 14.7 Å². The maximum Gasteiger partial charge on any atom is 0.306 e. The van der Waals surface area contributed by atoms with Crippen LogP contribution in [0.15, 0.2) is 60.7 Å². The number of hydrogen-bond acceptors (Lipinski definition) is 3. The number of amides is 1. The van der Waals surface area contributed by atoms with Crippen molar-refractivity contribution in [3.63, 3.8) is 0 Å². The molecular formula is C22H27Cl2NO4. The van der Waals surface area contributed by atoms with Gasteiger partial charge in [-0.15, -0.1) is 0 Å². The molecule has 158 valence electrons. The predicted molar refractivity (Wildman–Crippen MR) is 116 cm³/mol. The summed E-state index contributed by atoms with van der Waals surface area (Å²) < 4.78 is 5.14. The molecule has 1 aliphatic rings. The van der Waals surface area contributed by atoms with Gasteiger partial charge in [0.05, 0.1) is 13.0 Å². The average molecular weight is 440 g/mol. The van der Waals surface area contributed by atoms with Crippen LogP contribution in [0.3, 0.4) is 0 Å². The number of benzene rings is 2. The van der Waals surface area contributed by atoms with E-state index in [1.54, 1.807) is 4.90 Å². The van der Waals surface area contributed by atoms with Gasteiger partial charge in [-0.25, -0.2) is 0 Å². The van der Waals surface area contributed by atoms with Crippen LogP contribution in [0.1, 0.15) is 20.3 Å². The van der Waals surface area contributed by atoms with E-state index >= 15 is 0 Å². The van der Waals surface area contributed by atoms with E-state index in [9.17, 15) is 9.59 Å². The fraction of sp³-hybridized carbons (Fsp3) is 0.364. The second-order valence-corrected chi connectivity index (χ2v) is 7.60. The molecule has 0 bridgehead atoms. The average Bonchev–Trinajstić information content (AvgIpc) is 2.67. The van der Waals surface area contributed by atoms with E-state index < -0.39 is 12.1 Å². The number of carbonyl (C=O) groups excluding carboxylic acids is 1. The molecule has 1 atom stereocenters. The normalized spacial score (nSPS) is 15.7. The lowest BCUT2D eigenvalue weighted by Gasteiger charge is -2.32. The van der Waals surface area contributed by atoms with Gasteiger partial charge in [0.25, 0.3) is 5.91 Å². The van der Waals surface area contributed by atoms with Crippen LogP contribution in [0.2, 0.25) is 10.0 Å². The molecule has 0 spiro atoms. The van der Waals surface area contributed by atoms with Gasteiger partial charge in [0.1, 0.15) is 6.10 Å². The van der Waals surface area contributed by atoms with Crippen molar-refractivity contribution in [2.75, 3.05) is 19.7 Å². The standard InChI is InChI=1S/C10H17NO4.2C6H5Cl/c1-7(2)6-11-3-4-15-8(10(11)14)5-9(12)13;2*7-6-4-2-1-3-5-6/h7-8H,3-6H2,1-2H3,(H,12,13);2*1-5H. The Hall–Kier alpha value is -2.08. The number of morpholine rings is 1. The molecule has 0 saturated carbocycles. The van der Waals surface area contributed by atoms with Crippen LogP contribution in [0.4, 0.5) is 0 Å². The van der Waals surface area contributed by atoms with Crippen LogP contribution in [-0.2, 0) is 14.3 Å². The number of aliphatic carboxylic acids is 1. The summed E-state index contributed by atoms with van der Waals surface area (Å²) in [6.45, 7) is 5.70. The molecule has 0 aliphatic carbocycles. The fourth-order valence-corrected chi connectivity index (χ4v) is 2.74. The Labute approximate surface area is 182 Å². The third kappa shape index (κ3) is 11.5. The first-order valence-electron chi connectivity index (χ1n) is 9.33. The predicted octanol–water partition coefficient (Wildman–Crippen LogP) is 5.02. The van der Waals surface area contributed by atoms with Gasteiger partial charge in [-0.2, -0.15) is 0 Å². The maximum atomic E-state index is 11.7. The molecule has 0 aromatic heterocycles. The zero-order chi connectivity index (χ0) is 21.6. The number of halogens is 2. The van der Waals surface area contributed by atoms with Crippen molar-refractivity contribution >= 4 is 35.1 Å². The lowest BCUT2D eigenvalue weighted by Crippen LogP contribution is -2.49. The van der Waals surface area contributed by atoms with Crippen molar-refractivity contribution in [2.45, 2.75) is 26.4 Å². The minimum atomic E-state index is -1.00. The van der Waals surface area contributed by atoms with Gasteiger partial charge in [0, 0.05) is 23.1 Å². The topological polar surface area (TPSA) is 66.8 Å². The molecule has 1 unspecified atom stereocenters. The van der Waals surface area contributed by atoms with Crippen molar-refractivity contribution in [2.24, 2.45) is 5.92 Å². The van der Waals surface area contributed by atoms with Gasteiger partial charge in [0.15, 0.2) is 0 Å². The van der Waals surface area contributed by atoms with Gasteiger partial charge in [-0.3, -0.25) is 9.59 Å². The van der Waals surface area contributed by atoms with E-state index in [1.807, 2.05) is 74.5 Å². The first-order chi connectivity index (χ1) is 13.8. The van der Waals surface area contributed by atoms with Crippen LogP contribution < -0.4 is 0 Å². The Morgan fingerprint density at radius 2 is 1.55 bits per heavy atom. The van der Waals surface area contributed by atoms with Gasteiger partial charge in [0.2, 0.25) is 0 Å². The number of rotatable bonds is 4. The second-order valence-electron chi connectivity index (χ2n) is 6.73. The van der Waals surface area contributed by atoms with E-state index in [0.717, 1.165) is 10.0 Å². The van der Waals surface area contributed by atoms with E-state index in [1.165, 1.54) is 0 Å². The SMILES string of the molecule is CC(C)CN1CCOC(CC(=O)O)C1=O.Clc1ccccc1.Clc1ccccc1. The van der Waals surface area contributed by atoms with Crippen molar-refractivity contribution in [3.05, 3.63) is 70.7 Å². The largest absolute Gasteiger partial charge is 0.481 e. The maximum absolute atomic E-state index is 11.7. The highest BCUT2D eigenvalue weighted by Gasteiger charge is 2.31. The third-order valence-electron chi connectivity index (χ3n) is 3.68. The Morgan fingerprint density at radius 3 is 1.90 bits per heavy atom. The quantitative estimate of drug-likeness (QED) is 0.725. The molecule has 2 aromatic rings. The highest BCUT2D eigenvalue weighted by molar-refractivity contribution is 6.30. The monoisotopic (exact) mass is 439 g/mol. The molecule has 1 amide bonds. The van der Waals surface area contributed by atoms with Crippen molar-refractivity contribution in [1.29, 1.82) is 0 Å². The van der Waals surface area contributed by atoms with Crippen LogP contribution in [0, 0.1) is 5.92 Å². The van der Waals surface area contributed by atoms with E-state index in [4.69, 9.17) is 33.0 Å². The molecular weight excluding hydrogens is 413 g/mol. The summed E-state index contributed by atoms with van der Waals surface area (Å²) in [5, 5.41) is 10.2. The lowest BCUT2D eigenvalue weighted by molar-refractivity contribution is -0.159. The summed E-state index contributed by atoms with van der Waals surface area (Å²) in [4.78, 5) is 23.9. The number of ether oxygens (including phenoxy) is 1. The van der Waals surface area contributed by atoms with Crippen LogP contribution >= 0.6 is 23.2 Å². The zero-order valence-corrected chi connectivity index (χ0v) is 18.1. The first kappa shape index (κ1) is 25.0. The number of nitrogens with zero attached hydrogens (tertiary/aromatic N) is 1. The molecule has 1 aliphatic heterocycles. The lowest BCUT2D eigenvalue weighted by atomic mass is 10.1. The van der Waals surface area contributed by atoms with Crippen molar-refractivity contribution in [1.82, 2.24) is 4.90 Å². The van der Waals surface area contributed by atoms with Crippen molar-refractivity contribution in [3.8, 4) is 0 Å². The Bertz CT molecular complexity index is 689. The van der Waals surface area contributed by atoms with E-state index in [2.05, 4.69) is 0 Å². The summed E-state index contributed by atoms with van der Waals surface area (Å²) in [6.07, 6.45) is -1.04. The molecule has 7 heteroatoms. The Kier molecular flexibility index (Phi) is 12.0. The molecule has 1 saturated heterocycles. The fourth-order valence-electron chi connectivity index (χ4n) is 2.45. The van der Waals surface area contributed by atoms with Gasteiger partial charge >= 0.3 is 5.97 Å². The van der Waals surface area contributed by atoms with E-state index in [-0.39, 0.29) is 12.3 Å². The van der Waals surface area contributed by atoms with Crippen LogP contribution in [0.5, 0.6) is 0 Å². The molecule has 1 N–H and O–H groups in total. The van der Waals surface area contributed by atoms with Crippen LogP contribution in [0.25, 0.3) is 0 Å². The number of hydrogen-bond donors (Lipinski definition) is 1. The van der Waals surface area contributed by atoms with Gasteiger partial charge in [-0.1, -0.05) is 73.4 Å². The number of carboxylic acids is 1. The molecule has 3 rings (SSSR count). The summed E-state index contributed by atoms with van der Waals surface area (Å²) in [6, 6.07) is 18.9. The summed E-state index contributed by atoms with van der Waals surface area (Å²) in [5.74, 6) is -0.811. The molecule has 1 heterocycles. The molecule has 1 fully saturated rings. The van der Waals surface area contributed by atoms with Gasteiger partial charge in [-0.05, 0) is 30.2 Å². The molecule has 5 nitrogen and oxygen atoms in total. The first-order valence-corrected chi connectivity index (χ1v) is 10.1. The minimum absolute atomic E-state index is 0.197. The third-order valence-corrected chi connectivity index (χ3v) is 4.18.